The van der Waals surface area contributed by atoms with E-state index < -0.39 is 0 Å². The highest BCUT2D eigenvalue weighted by Crippen LogP contribution is 2.30. The summed E-state index contributed by atoms with van der Waals surface area (Å²) in [6, 6.07) is 5.36. The minimum Gasteiger partial charge on any atom is -0.392 e. The number of aromatic nitrogens is 2. The van der Waals surface area contributed by atoms with Crippen molar-refractivity contribution >= 4 is 17.5 Å². The van der Waals surface area contributed by atoms with Crippen LogP contribution in [0.25, 0.3) is 5.69 Å². The molecule has 122 valence electrons. The number of benzene rings is 1. The van der Waals surface area contributed by atoms with Crippen molar-refractivity contribution in [3.8, 4) is 17.5 Å². The molecule has 0 atom stereocenters. The second-order valence-electron chi connectivity index (χ2n) is 5.52. The SMILES string of the molecule is C/C(C#Cc1ncn2c1CN(C)C(=O)c1c(Cl)cccc1-2)=C/CO. The van der Waals surface area contributed by atoms with E-state index in [9.17, 15) is 4.79 Å². The first-order valence-corrected chi connectivity index (χ1v) is 7.81. The first-order chi connectivity index (χ1) is 11.5. The normalized spacial score (nSPS) is 13.8. The number of halogens is 1. The number of fused-ring (bicyclic) bond motifs is 3. The van der Waals surface area contributed by atoms with E-state index in [1.807, 2.05) is 23.6 Å². The van der Waals surface area contributed by atoms with E-state index in [0.717, 1.165) is 11.3 Å². The summed E-state index contributed by atoms with van der Waals surface area (Å²) in [6.45, 7) is 2.16. The van der Waals surface area contributed by atoms with Crippen LogP contribution >= 0.6 is 11.6 Å². The zero-order chi connectivity index (χ0) is 17.3. The van der Waals surface area contributed by atoms with Crippen LogP contribution in [0.5, 0.6) is 0 Å². The van der Waals surface area contributed by atoms with E-state index in [0.29, 0.717) is 28.5 Å². The van der Waals surface area contributed by atoms with Gasteiger partial charge in [-0.05, 0) is 36.6 Å². The van der Waals surface area contributed by atoms with Crippen molar-refractivity contribution in [2.45, 2.75) is 13.5 Å². The van der Waals surface area contributed by atoms with Crippen molar-refractivity contribution in [3.05, 3.63) is 58.1 Å². The van der Waals surface area contributed by atoms with E-state index in [1.165, 1.54) is 0 Å². The van der Waals surface area contributed by atoms with Crippen LogP contribution in [0.3, 0.4) is 0 Å². The quantitative estimate of drug-likeness (QED) is 0.810. The second-order valence-corrected chi connectivity index (χ2v) is 5.93. The van der Waals surface area contributed by atoms with Crippen molar-refractivity contribution < 1.29 is 9.90 Å². The molecule has 1 N–H and O–H groups in total. The topological polar surface area (TPSA) is 58.4 Å². The van der Waals surface area contributed by atoms with Gasteiger partial charge < -0.3 is 10.0 Å². The Labute approximate surface area is 145 Å². The molecule has 6 heteroatoms. The number of allylic oxidation sites excluding steroid dienone is 1. The summed E-state index contributed by atoms with van der Waals surface area (Å²) in [6.07, 6.45) is 3.29. The Bertz CT molecular complexity index is 903. The van der Waals surface area contributed by atoms with Crippen LogP contribution in [0.2, 0.25) is 5.02 Å². The third-order valence-electron chi connectivity index (χ3n) is 3.84. The van der Waals surface area contributed by atoms with Crippen LogP contribution in [0.1, 0.15) is 28.7 Å². The molecule has 2 heterocycles. The number of hydrogen-bond acceptors (Lipinski definition) is 3. The van der Waals surface area contributed by atoms with Gasteiger partial charge in [-0.25, -0.2) is 4.98 Å². The monoisotopic (exact) mass is 341 g/mol. The van der Waals surface area contributed by atoms with Crippen LogP contribution in [0.4, 0.5) is 0 Å². The number of nitrogens with zero attached hydrogens (tertiary/aromatic N) is 3. The average Bonchev–Trinajstić information content (AvgIpc) is 2.90. The highest BCUT2D eigenvalue weighted by atomic mass is 35.5. The van der Waals surface area contributed by atoms with Gasteiger partial charge in [0.2, 0.25) is 0 Å². The van der Waals surface area contributed by atoms with Crippen molar-refractivity contribution in [2.24, 2.45) is 0 Å². The molecule has 0 radical (unpaired) electrons. The Morgan fingerprint density at radius 2 is 2.29 bits per heavy atom. The fourth-order valence-corrected chi connectivity index (χ4v) is 2.85. The molecule has 0 bridgehead atoms. The lowest BCUT2D eigenvalue weighted by atomic mass is 10.1. The summed E-state index contributed by atoms with van der Waals surface area (Å²) in [4.78, 5) is 18.6. The molecule has 1 aliphatic rings. The smallest absolute Gasteiger partial charge is 0.257 e. The molecule has 1 aliphatic heterocycles. The van der Waals surface area contributed by atoms with Gasteiger partial charge in [0.05, 0.1) is 35.1 Å². The van der Waals surface area contributed by atoms with Crippen molar-refractivity contribution in [2.75, 3.05) is 13.7 Å². The lowest BCUT2D eigenvalue weighted by Gasteiger charge is -2.14. The summed E-state index contributed by atoms with van der Waals surface area (Å²) in [5, 5.41) is 9.32. The number of carbonyl (C=O) groups excluding carboxylic acids is 1. The largest absolute Gasteiger partial charge is 0.392 e. The Morgan fingerprint density at radius 1 is 1.50 bits per heavy atom. The van der Waals surface area contributed by atoms with Crippen molar-refractivity contribution in [1.29, 1.82) is 0 Å². The lowest BCUT2D eigenvalue weighted by molar-refractivity contribution is 0.0788. The van der Waals surface area contributed by atoms with Gasteiger partial charge in [0.1, 0.15) is 12.0 Å². The predicted octanol–water partition coefficient (Wildman–Crippen LogP) is 2.40. The number of carbonyl (C=O) groups is 1. The molecular weight excluding hydrogens is 326 g/mol. The summed E-state index contributed by atoms with van der Waals surface area (Å²) in [7, 11) is 1.73. The number of aliphatic hydroxyl groups is 1. The van der Waals surface area contributed by atoms with Gasteiger partial charge in [0.25, 0.3) is 5.91 Å². The molecule has 1 amide bonds. The Morgan fingerprint density at radius 3 is 3.04 bits per heavy atom. The summed E-state index contributed by atoms with van der Waals surface area (Å²) >= 11 is 6.25. The molecule has 0 saturated carbocycles. The second kappa shape index (κ2) is 6.52. The van der Waals surface area contributed by atoms with E-state index in [1.54, 1.807) is 30.4 Å². The van der Waals surface area contributed by atoms with Gasteiger partial charge in [-0.2, -0.15) is 0 Å². The van der Waals surface area contributed by atoms with E-state index in [2.05, 4.69) is 16.8 Å². The first kappa shape index (κ1) is 16.3. The van der Waals surface area contributed by atoms with E-state index in [-0.39, 0.29) is 12.5 Å². The molecule has 0 aliphatic carbocycles. The highest BCUT2D eigenvalue weighted by Gasteiger charge is 2.27. The molecule has 1 aromatic carbocycles. The van der Waals surface area contributed by atoms with Gasteiger partial charge in [-0.15, -0.1) is 0 Å². The maximum Gasteiger partial charge on any atom is 0.257 e. The van der Waals surface area contributed by atoms with E-state index >= 15 is 0 Å². The molecule has 2 aromatic rings. The molecular formula is C18H16ClN3O2. The maximum absolute atomic E-state index is 12.6. The lowest BCUT2D eigenvalue weighted by Crippen LogP contribution is -2.25. The minimum absolute atomic E-state index is 0.0507. The number of aliphatic hydroxyl groups excluding tert-OH is 1. The van der Waals surface area contributed by atoms with Gasteiger partial charge in [0.15, 0.2) is 0 Å². The van der Waals surface area contributed by atoms with E-state index in [4.69, 9.17) is 16.7 Å². The summed E-state index contributed by atoms with van der Waals surface area (Å²) in [5.41, 5.74) is 3.37. The van der Waals surface area contributed by atoms with Gasteiger partial charge in [-0.3, -0.25) is 9.36 Å². The van der Waals surface area contributed by atoms with Crippen LogP contribution in [0, 0.1) is 11.8 Å². The highest BCUT2D eigenvalue weighted by molar-refractivity contribution is 6.34. The van der Waals surface area contributed by atoms with Gasteiger partial charge in [-0.1, -0.05) is 23.6 Å². The standard InChI is InChI=1S/C18H16ClN3O2/c1-12(8-9-23)6-7-14-16-10-21(2)18(24)17-13(19)4-3-5-15(17)22(16)11-20-14/h3-5,8,11,23H,9-10H2,1-2H3/b12-8-. The average molecular weight is 342 g/mol. The summed E-state index contributed by atoms with van der Waals surface area (Å²) in [5.74, 6) is 5.85. The van der Waals surface area contributed by atoms with Crippen molar-refractivity contribution in [3.63, 3.8) is 0 Å². The fraction of sp³-hybridized carbons (Fsp3) is 0.222. The third-order valence-corrected chi connectivity index (χ3v) is 4.16. The number of imidazole rings is 1. The maximum atomic E-state index is 12.6. The van der Waals surface area contributed by atoms with Gasteiger partial charge >= 0.3 is 0 Å². The van der Waals surface area contributed by atoms with Crippen LogP contribution < -0.4 is 0 Å². The predicted molar refractivity (Wildman–Crippen MR) is 92.1 cm³/mol. The molecule has 1 aromatic heterocycles. The summed E-state index contributed by atoms with van der Waals surface area (Å²) < 4.78 is 1.86. The van der Waals surface area contributed by atoms with Crippen LogP contribution in [0.15, 0.2) is 36.2 Å². The number of rotatable bonds is 1. The van der Waals surface area contributed by atoms with Crippen LogP contribution in [-0.2, 0) is 6.54 Å². The van der Waals surface area contributed by atoms with Gasteiger partial charge in [0, 0.05) is 7.05 Å². The molecule has 24 heavy (non-hydrogen) atoms. The molecule has 0 unspecified atom stereocenters. The Hall–Kier alpha value is -2.55. The third kappa shape index (κ3) is 2.82. The number of amides is 1. The first-order valence-electron chi connectivity index (χ1n) is 7.43. The molecule has 3 rings (SSSR count). The zero-order valence-electron chi connectivity index (χ0n) is 13.4. The number of hydrogen-bond donors (Lipinski definition) is 1. The van der Waals surface area contributed by atoms with Crippen molar-refractivity contribution in [1.82, 2.24) is 14.5 Å². The fourth-order valence-electron chi connectivity index (χ4n) is 2.60. The zero-order valence-corrected chi connectivity index (χ0v) is 14.1. The Balaban J connectivity index is 2.16. The molecule has 0 fully saturated rings. The minimum atomic E-state index is -0.130. The van der Waals surface area contributed by atoms with Crippen LogP contribution in [-0.4, -0.2) is 39.1 Å². The molecule has 5 nitrogen and oxygen atoms in total. The molecule has 0 spiro atoms. The Kier molecular flexibility index (Phi) is 4.43. The molecule has 0 saturated heterocycles.